The van der Waals surface area contributed by atoms with E-state index in [1.807, 2.05) is 49.4 Å². The maximum Gasteiger partial charge on any atom is 0.266 e. The van der Waals surface area contributed by atoms with Crippen LogP contribution in [-0.4, -0.2) is 34.4 Å². The zero-order valence-electron chi connectivity index (χ0n) is 19.1. The number of hydrogen-bond donors (Lipinski definition) is 1. The van der Waals surface area contributed by atoms with E-state index >= 15 is 0 Å². The van der Waals surface area contributed by atoms with Gasteiger partial charge in [0, 0.05) is 11.8 Å². The van der Waals surface area contributed by atoms with Gasteiger partial charge < -0.3 is 14.8 Å². The second kappa shape index (κ2) is 10.4. The van der Waals surface area contributed by atoms with Crippen LogP contribution in [0.15, 0.2) is 82.7 Å². The normalized spacial score (nSPS) is 11.7. The molecule has 0 bridgehead atoms. The molecule has 34 heavy (non-hydrogen) atoms. The molecule has 4 rings (SSSR count). The van der Waals surface area contributed by atoms with E-state index in [1.54, 1.807) is 44.4 Å². The zero-order valence-corrected chi connectivity index (χ0v) is 20.0. The van der Waals surface area contributed by atoms with Gasteiger partial charge in [0.2, 0.25) is 5.91 Å². The number of hydrogen-bond acceptors (Lipinski definition) is 6. The minimum Gasteiger partial charge on any atom is -0.497 e. The fraction of sp³-hybridized carbons (Fsp3) is 0.192. The van der Waals surface area contributed by atoms with E-state index in [0.717, 1.165) is 0 Å². The van der Waals surface area contributed by atoms with Crippen molar-refractivity contribution >= 4 is 34.3 Å². The third-order valence-electron chi connectivity index (χ3n) is 5.14. The summed E-state index contributed by atoms with van der Waals surface area (Å²) in [5.74, 6) is 1.16. The first kappa shape index (κ1) is 23.4. The lowest BCUT2D eigenvalue weighted by molar-refractivity contribution is -0.115. The summed E-state index contributed by atoms with van der Waals surface area (Å²) in [6.07, 6.45) is 0. The van der Waals surface area contributed by atoms with Crippen molar-refractivity contribution < 1.29 is 14.3 Å². The summed E-state index contributed by atoms with van der Waals surface area (Å²) >= 11 is 1.22. The van der Waals surface area contributed by atoms with Crippen LogP contribution in [-0.2, 0) is 4.79 Å². The molecule has 1 amide bonds. The van der Waals surface area contributed by atoms with Gasteiger partial charge in [0.1, 0.15) is 11.5 Å². The number of thioether (sulfide) groups is 1. The number of nitrogens with one attached hydrogen (secondary N) is 1. The number of carbonyl (C=O) groups is 1. The molecular formula is C26H25N3O4S. The Hall–Kier alpha value is -3.78. The van der Waals surface area contributed by atoms with Crippen LogP contribution in [0.5, 0.6) is 11.5 Å². The molecule has 0 aliphatic carbocycles. The lowest BCUT2D eigenvalue weighted by Crippen LogP contribution is -2.26. The van der Waals surface area contributed by atoms with Gasteiger partial charge in [-0.25, -0.2) is 4.98 Å². The molecule has 4 aromatic rings. The third kappa shape index (κ3) is 5.07. The van der Waals surface area contributed by atoms with E-state index in [-0.39, 0.29) is 11.5 Å². The zero-order chi connectivity index (χ0) is 24.1. The number of amides is 1. The number of nitrogens with zero attached hydrogens (tertiary/aromatic N) is 2. The number of methoxy groups -OCH3 is 1. The highest BCUT2D eigenvalue weighted by molar-refractivity contribution is 8.00. The molecule has 8 heteroatoms. The van der Waals surface area contributed by atoms with Crippen LogP contribution < -0.4 is 20.3 Å². The van der Waals surface area contributed by atoms with Gasteiger partial charge in [-0.1, -0.05) is 30.0 Å². The minimum atomic E-state index is -0.520. The fourth-order valence-electron chi connectivity index (χ4n) is 3.43. The van der Waals surface area contributed by atoms with E-state index in [1.165, 1.54) is 16.3 Å². The van der Waals surface area contributed by atoms with Crippen molar-refractivity contribution in [3.8, 4) is 17.2 Å². The maximum atomic E-state index is 13.4. The minimum absolute atomic E-state index is 0.197. The average molecular weight is 476 g/mol. The molecule has 0 radical (unpaired) electrons. The Labute approximate surface area is 201 Å². The summed E-state index contributed by atoms with van der Waals surface area (Å²) in [5.41, 5.74) is 1.66. The van der Waals surface area contributed by atoms with Crippen LogP contribution in [0, 0.1) is 0 Å². The van der Waals surface area contributed by atoms with Crippen molar-refractivity contribution in [3.05, 3.63) is 83.2 Å². The lowest BCUT2D eigenvalue weighted by atomic mass is 10.2. The Bertz CT molecular complexity index is 1370. The highest BCUT2D eigenvalue weighted by Gasteiger charge is 2.20. The van der Waals surface area contributed by atoms with Crippen LogP contribution >= 0.6 is 11.8 Å². The Morgan fingerprint density at radius 1 is 1.06 bits per heavy atom. The molecule has 0 aliphatic rings. The molecule has 0 saturated heterocycles. The van der Waals surface area contributed by atoms with Gasteiger partial charge in [-0.05, 0) is 62.4 Å². The predicted molar refractivity (Wildman–Crippen MR) is 135 cm³/mol. The molecule has 3 aromatic carbocycles. The van der Waals surface area contributed by atoms with Crippen molar-refractivity contribution in [2.75, 3.05) is 19.0 Å². The molecule has 1 unspecified atom stereocenters. The van der Waals surface area contributed by atoms with Gasteiger partial charge in [0.05, 0.1) is 35.6 Å². The number of rotatable bonds is 8. The van der Waals surface area contributed by atoms with E-state index < -0.39 is 5.25 Å². The van der Waals surface area contributed by atoms with Crippen molar-refractivity contribution in [2.24, 2.45) is 0 Å². The number of para-hydroxylation sites is 1. The smallest absolute Gasteiger partial charge is 0.266 e. The Morgan fingerprint density at radius 3 is 2.56 bits per heavy atom. The van der Waals surface area contributed by atoms with E-state index in [0.29, 0.717) is 45.5 Å². The van der Waals surface area contributed by atoms with E-state index in [4.69, 9.17) is 14.5 Å². The molecule has 0 saturated carbocycles. The lowest BCUT2D eigenvalue weighted by Gasteiger charge is -2.17. The number of fused-ring (bicyclic) bond motifs is 1. The van der Waals surface area contributed by atoms with Crippen LogP contribution in [0.25, 0.3) is 16.6 Å². The molecule has 174 valence electrons. The first-order valence-electron chi connectivity index (χ1n) is 10.9. The SMILES string of the molecule is CCOc1ccc(-n2c(SC(C)C(=O)Nc3cccc(OC)c3)nc3ccccc3c2=O)cc1. The van der Waals surface area contributed by atoms with Gasteiger partial charge in [0.15, 0.2) is 5.16 Å². The number of anilines is 1. The summed E-state index contributed by atoms with van der Waals surface area (Å²) in [5, 5.41) is 3.32. The van der Waals surface area contributed by atoms with Crippen LogP contribution in [0.2, 0.25) is 0 Å². The molecular weight excluding hydrogens is 450 g/mol. The summed E-state index contributed by atoms with van der Waals surface area (Å²) in [7, 11) is 1.57. The van der Waals surface area contributed by atoms with Gasteiger partial charge in [-0.3, -0.25) is 14.2 Å². The number of benzene rings is 3. The van der Waals surface area contributed by atoms with Gasteiger partial charge >= 0.3 is 0 Å². The highest BCUT2D eigenvalue weighted by Crippen LogP contribution is 2.27. The highest BCUT2D eigenvalue weighted by atomic mass is 32.2. The topological polar surface area (TPSA) is 82.4 Å². The summed E-state index contributed by atoms with van der Waals surface area (Å²) in [6, 6.07) is 21.6. The van der Waals surface area contributed by atoms with Crippen molar-refractivity contribution in [2.45, 2.75) is 24.3 Å². The number of ether oxygens (including phenoxy) is 2. The largest absolute Gasteiger partial charge is 0.497 e. The first-order chi connectivity index (χ1) is 16.5. The molecule has 0 spiro atoms. The van der Waals surface area contributed by atoms with Crippen molar-refractivity contribution in [1.29, 1.82) is 0 Å². The molecule has 7 nitrogen and oxygen atoms in total. The molecule has 0 aliphatic heterocycles. The first-order valence-corrected chi connectivity index (χ1v) is 11.7. The molecule has 1 N–H and O–H groups in total. The summed E-state index contributed by atoms with van der Waals surface area (Å²) in [6.45, 7) is 4.25. The summed E-state index contributed by atoms with van der Waals surface area (Å²) < 4.78 is 12.3. The third-order valence-corrected chi connectivity index (χ3v) is 6.19. The van der Waals surface area contributed by atoms with Crippen molar-refractivity contribution in [3.63, 3.8) is 0 Å². The van der Waals surface area contributed by atoms with E-state index in [2.05, 4.69) is 5.32 Å². The van der Waals surface area contributed by atoms with Gasteiger partial charge in [0.25, 0.3) is 5.56 Å². The Balaban J connectivity index is 1.68. The monoisotopic (exact) mass is 475 g/mol. The standard InChI is InChI=1S/C26H25N3O4S/c1-4-33-20-14-12-19(13-15-20)29-25(31)22-10-5-6-11-23(22)28-26(29)34-17(2)24(30)27-18-8-7-9-21(16-18)32-3/h5-17H,4H2,1-3H3,(H,27,30). The number of carbonyl (C=O) groups excluding carboxylic acids is 1. The summed E-state index contributed by atoms with van der Waals surface area (Å²) in [4.78, 5) is 31.1. The van der Waals surface area contributed by atoms with Gasteiger partial charge in [-0.2, -0.15) is 0 Å². The Morgan fingerprint density at radius 2 is 1.82 bits per heavy atom. The number of aromatic nitrogens is 2. The Kier molecular flexibility index (Phi) is 7.18. The second-order valence-electron chi connectivity index (χ2n) is 7.46. The van der Waals surface area contributed by atoms with E-state index in [9.17, 15) is 9.59 Å². The van der Waals surface area contributed by atoms with Crippen LogP contribution in [0.1, 0.15) is 13.8 Å². The molecule has 1 atom stereocenters. The molecule has 0 fully saturated rings. The quantitative estimate of drug-likeness (QED) is 0.288. The second-order valence-corrected chi connectivity index (χ2v) is 8.77. The predicted octanol–water partition coefficient (Wildman–Crippen LogP) is 4.91. The van der Waals surface area contributed by atoms with Gasteiger partial charge in [-0.15, -0.1) is 0 Å². The molecule has 1 heterocycles. The van der Waals surface area contributed by atoms with Crippen LogP contribution in [0.3, 0.4) is 0 Å². The van der Waals surface area contributed by atoms with Crippen molar-refractivity contribution in [1.82, 2.24) is 9.55 Å². The van der Waals surface area contributed by atoms with Crippen LogP contribution in [0.4, 0.5) is 5.69 Å². The maximum absolute atomic E-state index is 13.4. The average Bonchev–Trinajstić information content (AvgIpc) is 2.85. The fourth-order valence-corrected chi connectivity index (χ4v) is 4.36. The molecule has 1 aromatic heterocycles.